The molecule has 3 heterocycles. The van der Waals surface area contributed by atoms with Crippen LogP contribution in [0, 0.1) is 0 Å². The highest BCUT2D eigenvalue weighted by molar-refractivity contribution is 9.10. The largest absolute Gasteiger partial charge is 0.388 e. The molecule has 1 aliphatic heterocycles. The zero-order chi connectivity index (χ0) is 14.9. The number of rotatable bonds is 3. The number of nitrogens with zero attached hydrogens (tertiary/aromatic N) is 5. The van der Waals surface area contributed by atoms with E-state index in [0.29, 0.717) is 37.5 Å². The van der Waals surface area contributed by atoms with E-state index >= 15 is 0 Å². The summed E-state index contributed by atoms with van der Waals surface area (Å²) >= 11 is 9.58. The zero-order valence-electron chi connectivity index (χ0n) is 11.3. The Morgan fingerprint density at radius 3 is 2.76 bits per heavy atom. The second-order valence-electron chi connectivity index (χ2n) is 5.27. The lowest BCUT2D eigenvalue weighted by Crippen LogP contribution is -2.47. The topological polar surface area (TPSA) is 67.1 Å². The van der Waals surface area contributed by atoms with Gasteiger partial charge >= 0.3 is 0 Å². The van der Waals surface area contributed by atoms with Crippen LogP contribution in [0.25, 0.3) is 0 Å². The molecular weight excluding hydrogens is 358 g/mol. The Bertz CT molecular complexity index is 613. The van der Waals surface area contributed by atoms with Gasteiger partial charge in [0.15, 0.2) is 0 Å². The maximum Gasteiger partial charge on any atom is 0.147 e. The van der Waals surface area contributed by atoms with E-state index in [1.807, 2.05) is 6.07 Å². The summed E-state index contributed by atoms with van der Waals surface area (Å²) in [5.74, 6) is 0.766. The maximum absolute atomic E-state index is 10.6. The van der Waals surface area contributed by atoms with Gasteiger partial charge in [-0.25, -0.2) is 9.67 Å². The molecule has 2 aromatic heterocycles. The van der Waals surface area contributed by atoms with Crippen molar-refractivity contribution in [3.63, 3.8) is 0 Å². The Hall–Kier alpha value is -1.18. The zero-order valence-corrected chi connectivity index (χ0v) is 13.6. The molecule has 1 N–H and O–H groups in total. The number of piperidine rings is 1. The molecule has 1 aliphatic rings. The van der Waals surface area contributed by atoms with Gasteiger partial charge in [-0.1, -0.05) is 16.8 Å². The van der Waals surface area contributed by atoms with Gasteiger partial charge in [0, 0.05) is 30.0 Å². The fraction of sp³-hybridized carbons (Fsp3) is 0.462. The van der Waals surface area contributed by atoms with Gasteiger partial charge in [-0.15, -0.1) is 5.10 Å². The van der Waals surface area contributed by atoms with Gasteiger partial charge in [-0.05, 0) is 34.8 Å². The average Bonchev–Trinajstić information content (AvgIpc) is 2.93. The minimum Gasteiger partial charge on any atom is -0.388 e. The Balaban J connectivity index is 1.67. The number of aliphatic hydroxyl groups is 1. The Kier molecular flexibility index (Phi) is 4.14. The maximum atomic E-state index is 10.6. The van der Waals surface area contributed by atoms with E-state index in [9.17, 15) is 5.11 Å². The predicted octanol–water partition coefficient (Wildman–Crippen LogP) is 2.12. The predicted molar refractivity (Wildman–Crippen MR) is 83.4 cm³/mol. The second kappa shape index (κ2) is 5.90. The van der Waals surface area contributed by atoms with Crippen molar-refractivity contribution in [3.8, 4) is 0 Å². The van der Waals surface area contributed by atoms with Crippen molar-refractivity contribution in [2.24, 2.45) is 0 Å². The average molecular weight is 373 g/mol. The van der Waals surface area contributed by atoms with Crippen LogP contribution < -0.4 is 4.90 Å². The van der Waals surface area contributed by atoms with Crippen molar-refractivity contribution >= 4 is 33.3 Å². The van der Waals surface area contributed by atoms with Crippen LogP contribution in [0.4, 0.5) is 5.82 Å². The molecule has 8 heteroatoms. The molecule has 1 fully saturated rings. The van der Waals surface area contributed by atoms with E-state index in [1.165, 1.54) is 0 Å². The fourth-order valence-electron chi connectivity index (χ4n) is 2.55. The quantitative estimate of drug-likeness (QED) is 0.894. The smallest absolute Gasteiger partial charge is 0.147 e. The summed E-state index contributed by atoms with van der Waals surface area (Å²) in [5, 5.41) is 18.9. The third-order valence-electron chi connectivity index (χ3n) is 3.71. The number of hydrogen-bond acceptors (Lipinski definition) is 5. The van der Waals surface area contributed by atoms with Crippen LogP contribution in [0.3, 0.4) is 0 Å². The summed E-state index contributed by atoms with van der Waals surface area (Å²) in [4.78, 5) is 6.46. The summed E-state index contributed by atoms with van der Waals surface area (Å²) in [6.07, 6.45) is 6.39. The van der Waals surface area contributed by atoms with E-state index in [-0.39, 0.29) is 0 Å². The van der Waals surface area contributed by atoms with Crippen LogP contribution >= 0.6 is 27.5 Å². The number of anilines is 1. The van der Waals surface area contributed by atoms with Crippen molar-refractivity contribution in [1.82, 2.24) is 20.0 Å². The molecule has 2 aromatic rings. The fourth-order valence-corrected chi connectivity index (χ4v) is 3.30. The lowest BCUT2D eigenvalue weighted by Gasteiger charge is -2.38. The van der Waals surface area contributed by atoms with E-state index in [2.05, 4.69) is 36.1 Å². The summed E-state index contributed by atoms with van der Waals surface area (Å²) in [7, 11) is 0. The van der Waals surface area contributed by atoms with Crippen molar-refractivity contribution in [1.29, 1.82) is 0 Å². The normalized spacial score (nSPS) is 18.0. The second-order valence-corrected chi connectivity index (χ2v) is 6.59. The Morgan fingerprint density at radius 2 is 2.14 bits per heavy atom. The van der Waals surface area contributed by atoms with Crippen molar-refractivity contribution in [3.05, 3.63) is 34.2 Å². The standard InChI is InChI=1S/C13H15BrClN5O/c14-10-7-11(15)12(16-8-10)19-4-1-13(21,2-5-19)9-20-6-3-17-18-20/h3,6-8,21H,1-2,4-5,9H2. The molecule has 112 valence electrons. The monoisotopic (exact) mass is 371 g/mol. The summed E-state index contributed by atoms with van der Waals surface area (Å²) in [6.45, 7) is 1.88. The molecule has 0 aliphatic carbocycles. The third-order valence-corrected chi connectivity index (χ3v) is 4.42. The van der Waals surface area contributed by atoms with Crippen LogP contribution in [-0.4, -0.2) is 43.8 Å². The van der Waals surface area contributed by atoms with Crippen LogP contribution in [0.15, 0.2) is 29.1 Å². The van der Waals surface area contributed by atoms with Gasteiger partial charge < -0.3 is 10.0 Å². The molecule has 3 rings (SSSR count). The molecule has 6 nitrogen and oxygen atoms in total. The van der Waals surface area contributed by atoms with Gasteiger partial charge in [-0.2, -0.15) is 0 Å². The van der Waals surface area contributed by atoms with Gasteiger partial charge in [0.25, 0.3) is 0 Å². The first kappa shape index (κ1) is 14.7. The highest BCUT2D eigenvalue weighted by Gasteiger charge is 2.33. The van der Waals surface area contributed by atoms with Crippen molar-refractivity contribution in [2.75, 3.05) is 18.0 Å². The first-order chi connectivity index (χ1) is 10.1. The molecular formula is C13H15BrClN5O. The Morgan fingerprint density at radius 1 is 1.38 bits per heavy atom. The summed E-state index contributed by atoms with van der Waals surface area (Å²) in [5.41, 5.74) is -0.758. The highest BCUT2D eigenvalue weighted by Crippen LogP contribution is 2.31. The molecule has 1 saturated heterocycles. The van der Waals surface area contributed by atoms with Crippen molar-refractivity contribution < 1.29 is 5.11 Å². The molecule has 0 bridgehead atoms. The van der Waals surface area contributed by atoms with Gasteiger partial charge in [0.05, 0.1) is 23.4 Å². The van der Waals surface area contributed by atoms with E-state index in [0.717, 1.165) is 10.3 Å². The van der Waals surface area contributed by atoms with E-state index < -0.39 is 5.60 Å². The number of hydrogen-bond donors (Lipinski definition) is 1. The van der Waals surface area contributed by atoms with E-state index in [1.54, 1.807) is 23.3 Å². The molecule has 21 heavy (non-hydrogen) atoms. The molecule has 0 saturated carbocycles. The third kappa shape index (κ3) is 3.36. The first-order valence-corrected chi connectivity index (χ1v) is 7.85. The number of aromatic nitrogens is 4. The minimum atomic E-state index is -0.758. The molecule has 0 atom stereocenters. The SMILES string of the molecule is OC1(Cn2ccnn2)CCN(c2ncc(Br)cc2Cl)CC1. The van der Waals surface area contributed by atoms with Crippen LogP contribution in [-0.2, 0) is 6.54 Å². The van der Waals surface area contributed by atoms with Crippen LogP contribution in [0.1, 0.15) is 12.8 Å². The number of pyridine rings is 1. The molecule has 0 aromatic carbocycles. The van der Waals surface area contributed by atoms with Crippen molar-refractivity contribution in [2.45, 2.75) is 25.0 Å². The van der Waals surface area contributed by atoms with Gasteiger partial charge in [-0.3, -0.25) is 0 Å². The van der Waals surface area contributed by atoms with Gasteiger partial charge in [0.1, 0.15) is 5.82 Å². The van der Waals surface area contributed by atoms with E-state index in [4.69, 9.17) is 11.6 Å². The lowest BCUT2D eigenvalue weighted by molar-refractivity contribution is -0.00355. The van der Waals surface area contributed by atoms with Gasteiger partial charge in [0.2, 0.25) is 0 Å². The molecule has 0 radical (unpaired) electrons. The minimum absolute atomic E-state index is 0.461. The van der Waals surface area contributed by atoms with Crippen LogP contribution in [0.2, 0.25) is 5.02 Å². The lowest BCUT2D eigenvalue weighted by atomic mass is 9.91. The summed E-state index contributed by atoms with van der Waals surface area (Å²) < 4.78 is 2.52. The highest BCUT2D eigenvalue weighted by atomic mass is 79.9. The molecule has 0 spiro atoms. The Labute approximate surface area is 135 Å². The number of halogens is 2. The summed E-state index contributed by atoms with van der Waals surface area (Å²) in [6, 6.07) is 1.83. The molecule has 0 amide bonds. The van der Waals surface area contributed by atoms with Crippen LogP contribution in [0.5, 0.6) is 0 Å². The molecule has 0 unspecified atom stereocenters. The first-order valence-electron chi connectivity index (χ1n) is 6.68.